The van der Waals surface area contributed by atoms with E-state index < -0.39 is 0 Å². The van der Waals surface area contributed by atoms with Crippen molar-refractivity contribution in [2.24, 2.45) is 0 Å². The normalized spacial score (nSPS) is 11.9. The van der Waals surface area contributed by atoms with Crippen molar-refractivity contribution in [3.8, 4) is 5.88 Å². The van der Waals surface area contributed by atoms with Gasteiger partial charge < -0.3 is 15.8 Å². The minimum atomic E-state index is 0.118. The number of nitrogens with two attached hydrogens (primary N) is 1. The van der Waals surface area contributed by atoms with Gasteiger partial charge >= 0.3 is 0 Å². The van der Waals surface area contributed by atoms with E-state index in [0.717, 1.165) is 11.3 Å². The Labute approximate surface area is 106 Å². The average Bonchev–Trinajstić information content (AvgIpc) is 2.39. The molecule has 0 radical (unpaired) electrons. The van der Waals surface area contributed by atoms with Crippen LogP contribution in [-0.4, -0.2) is 17.1 Å². The van der Waals surface area contributed by atoms with Crippen molar-refractivity contribution in [2.75, 3.05) is 18.2 Å². The summed E-state index contributed by atoms with van der Waals surface area (Å²) >= 11 is 0. The zero-order valence-electron chi connectivity index (χ0n) is 10.4. The predicted octanol–water partition coefficient (Wildman–Crippen LogP) is 2.24. The maximum Gasteiger partial charge on any atom is 0.233 e. The molecule has 1 heterocycles. The number of nitrogen functional groups attached to an aromatic ring is 1. The van der Waals surface area contributed by atoms with E-state index in [1.165, 1.54) is 0 Å². The van der Waals surface area contributed by atoms with Crippen LogP contribution in [0.3, 0.4) is 0 Å². The van der Waals surface area contributed by atoms with Crippen molar-refractivity contribution in [1.29, 1.82) is 0 Å². The lowest BCUT2D eigenvalue weighted by atomic mass is 10.1. The smallest absolute Gasteiger partial charge is 0.233 e. The van der Waals surface area contributed by atoms with Gasteiger partial charge in [0.1, 0.15) is 5.82 Å². The fourth-order valence-electron chi connectivity index (χ4n) is 1.61. The van der Waals surface area contributed by atoms with Crippen molar-refractivity contribution in [3.63, 3.8) is 0 Å². The van der Waals surface area contributed by atoms with Crippen LogP contribution in [0.15, 0.2) is 36.7 Å². The van der Waals surface area contributed by atoms with Crippen LogP contribution in [0, 0.1) is 0 Å². The second kappa shape index (κ2) is 5.35. The van der Waals surface area contributed by atoms with E-state index in [-0.39, 0.29) is 6.04 Å². The van der Waals surface area contributed by atoms with Crippen molar-refractivity contribution < 1.29 is 4.74 Å². The third kappa shape index (κ3) is 2.88. The van der Waals surface area contributed by atoms with Gasteiger partial charge in [0.05, 0.1) is 19.5 Å². The minimum Gasteiger partial charge on any atom is -0.480 e. The molecule has 94 valence electrons. The SMILES string of the molecule is COc1cncc(NC(C)c2ccc(N)cc2)n1. The highest BCUT2D eigenvalue weighted by Gasteiger charge is 2.06. The molecule has 5 nitrogen and oxygen atoms in total. The third-order valence-corrected chi connectivity index (χ3v) is 2.62. The highest BCUT2D eigenvalue weighted by molar-refractivity contribution is 5.43. The van der Waals surface area contributed by atoms with Gasteiger partial charge in [-0.2, -0.15) is 4.98 Å². The molecule has 0 aliphatic heterocycles. The highest BCUT2D eigenvalue weighted by atomic mass is 16.5. The predicted molar refractivity (Wildman–Crippen MR) is 71.5 cm³/mol. The van der Waals surface area contributed by atoms with E-state index in [9.17, 15) is 0 Å². The molecule has 2 aromatic rings. The molecule has 0 spiro atoms. The maximum absolute atomic E-state index is 5.66. The Morgan fingerprint density at radius 2 is 1.94 bits per heavy atom. The molecule has 0 aliphatic rings. The molecule has 5 heteroatoms. The first-order valence-electron chi connectivity index (χ1n) is 5.67. The standard InChI is InChI=1S/C13H16N4O/c1-9(10-3-5-11(14)6-4-10)16-12-7-15-8-13(17-12)18-2/h3-9H,14H2,1-2H3,(H,16,17). The molecule has 2 rings (SSSR count). The Balaban J connectivity index is 2.10. The lowest BCUT2D eigenvalue weighted by molar-refractivity contribution is 0.396. The van der Waals surface area contributed by atoms with E-state index in [2.05, 4.69) is 15.3 Å². The van der Waals surface area contributed by atoms with Gasteiger partial charge in [-0.05, 0) is 24.6 Å². The van der Waals surface area contributed by atoms with Crippen LogP contribution in [0.2, 0.25) is 0 Å². The first-order valence-corrected chi connectivity index (χ1v) is 5.67. The van der Waals surface area contributed by atoms with Gasteiger partial charge in [-0.25, -0.2) is 0 Å². The van der Waals surface area contributed by atoms with Crippen LogP contribution in [0.5, 0.6) is 5.88 Å². The fraction of sp³-hybridized carbons (Fsp3) is 0.231. The van der Waals surface area contributed by atoms with Gasteiger partial charge in [0.15, 0.2) is 0 Å². The number of hydrogen-bond acceptors (Lipinski definition) is 5. The van der Waals surface area contributed by atoms with Crippen molar-refractivity contribution in [2.45, 2.75) is 13.0 Å². The van der Waals surface area contributed by atoms with Gasteiger partial charge in [0.2, 0.25) is 5.88 Å². The van der Waals surface area contributed by atoms with Crippen LogP contribution < -0.4 is 15.8 Å². The highest BCUT2D eigenvalue weighted by Crippen LogP contribution is 2.19. The molecule has 1 aromatic carbocycles. The number of nitrogens with zero attached hydrogens (tertiary/aromatic N) is 2. The van der Waals surface area contributed by atoms with Crippen LogP contribution in [-0.2, 0) is 0 Å². The van der Waals surface area contributed by atoms with Crippen LogP contribution in [0.25, 0.3) is 0 Å². The summed E-state index contributed by atoms with van der Waals surface area (Å²) in [6, 6.07) is 7.85. The minimum absolute atomic E-state index is 0.118. The lowest BCUT2D eigenvalue weighted by Gasteiger charge is -2.15. The second-order valence-electron chi connectivity index (χ2n) is 3.98. The topological polar surface area (TPSA) is 73.1 Å². The quantitative estimate of drug-likeness (QED) is 0.807. The summed E-state index contributed by atoms with van der Waals surface area (Å²) in [5, 5.41) is 3.26. The zero-order chi connectivity index (χ0) is 13.0. The molecule has 1 aromatic heterocycles. The second-order valence-corrected chi connectivity index (χ2v) is 3.98. The van der Waals surface area contributed by atoms with Crippen molar-refractivity contribution >= 4 is 11.5 Å². The number of benzene rings is 1. The summed E-state index contributed by atoms with van der Waals surface area (Å²) < 4.78 is 5.03. The Bertz CT molecular complexity index is 513. The van der Waals surface area contributed by atoms with Gasteiger partial charge in [-0.15, -0.1) is 0 Å². The summed E-state index contributed by atoms with van der Waals surface area (Å²) in [5.41, 5.74) is 7.55. The summed E-state index contributed by atoms with van der Waals surface area (Å²) in [6.45, 7) is 2.05. The van der Waals surface area contributed by atoms with E-state index in [4.69, 9.17) is 10.5 Å². The Kier molecular flexibility index (Phi) is 3.62. The summed E-state index contributed by atoms with van der Waals surface area (Å²) in [7, 11) is 1.57. The lowest BCUT2D eigenvalue weighted by Crippen LogP contribution is -2.08. The molecule has 1 unspecified atom stereocenters. The molecular weight excluding hydrogens is 228 g/mol. The molecule has 1 atom stereocenters. The van der Waals surface area contributed by atoms with E-state index in [1.807, 2.05) is 31.2 Å². The molecule has 3 N–H and O–H groups in total. The molecule has 0 bridgehead atoms. The molecular formula is C13H16N4O. The summed E-state index contributed by atoms with van der Waals surface area (Å²) in [4.78, 5) is 8.30. The number of nitrogens with one attached hydrogen (secondary N) is 1. The van der Waals surface area contributed by atoms with Gasteiger partial charge in [-0.3, -0.25) is 4.98 Å². The van der Waals surface area contributed by atoms with E-state index in [1.54, 1.807) is 19.5 Å². The Morgan fingerprint density at radius 3 is 2.61 bits per heavy atom. The zero-order valence-corrected chi connectivity index (χ0v) is 10.4. The largest absolute Gasteiger partial charge is 0.480 e. The first-order chi connectivity index (χ1) is 8.69. The number of rotatable bonds is 4. The monoisotopic (exact) mass is 244 g/mol. The van der Waals surface area contributed by atoms with Crippen LogP contribution in [0.1, 0.15) is 18.5 Å². The molecule has 0 aliphatic carbocycles. The van der Waals surface area contributed by atoms with Crippen LogP contribution >= 0.6 is 0 Å². The molecule has 0 fully saturated rings. The van der Waals surface area contributed by atoms with Crippen LogP contribution in [0.4, 0.5) is 11.5 Å². The molecule has 0 saturated carbocycles. The molecule has 18 heavy (non-hydrogen) atoms. The Morgan fingerprint density at radius 1 is 1.22 bits per heavy atom. The summed E-state index contributed by atoms with van der Waals surface area (Å²) in [5.74, 6) is 1.17. The average molecular weight is 244 g/mol. The van der Waals surface area contributed by atoms with Gasteiger partial charge in [0.25, 0.3) is 0 Å². The first kappa shape index (κ1) is 12.2. The Hall–Kier alpha value is -2.30. The number of hydrogen-bond donors (Lipinski definition) is 2. The van der Waals surface area contributed by atoms with Crippen molar-refractivity contribution in [3.05, 3.63) is 42.2 Å². The van der Waals surface area contributed by atoms with Gasteiger partial charge in [-0.1, -0.05) is 12.1 Å². The number of methoxy groups -OCH3 is 1. The molecule has 0 saturated heterocycles. The van der Waals surface area contributed by atoms with Gasteiger partial charge in [0, 0.05) is 11.7 Å². The maximum atomic E-state index is 5.66. The number of aromatic nitrogens is 2. The third-order valence-electron chi connectivity index (χ3n) is 2.62. The number of anilines is 2. The van der Waals surface area contributed by atoms with Crippen molar-refractivity contribution in [1.82, 2.24) is 9.97 Å². The number of ether oxygens (including phenoxy) is 1. The summed E-state index contributed by atoms with van der Waals surface area (Å²) in [6.07, 6.45) is 3.23. The van der Waals surface area contributed by atoms with E-state index >= 15 is 0 Å². The van der Waals surface area contributed by atoms with E-state index in [0.29, 0.717) is 11.7 Å². The fourth-order valence-corrected chi connectivity index (χ4v) is 1.61. The molecule has 0 amide bonds.